The lowest BCUT2D eigenvalue weighted by molar-refractivity contribution is 0.0598. The van der Waals surface area contributed by atoms with Gasteiger partial charge in [0.05, 0.1) is 18.4 Å². The number of aryl methyl sites for hydroxylation is 1. The number of carbonyl (C=O) groups is 3. The molecule has 0 bridgehead atoms. The monoisotopic (exact) mass is 501 g/mol. The first kappa shape index (κ1) is 24.8. The Morgan fingerprint density at radius 1 is 1.19 bits per heavy atom. The summed E-state index contributed by atoms with van der Waals surface area (Å²) in [7, 11) is 1.42. The van der Waals surface area contributed by atoms with Crippen LogP contribution in [0.4, 0.5) is 8.78 Å². The standard InChI is InChI=1S/C24H21F2N3O7/c1-35-10-8-27-13-29(23(33)19-3-2-9-36-19)28-12-16(21(31)22(32)20(28)24(27)34)18(30)7-5-14-4-6-15(25)11-17(14)26/h2-4,6,9,11-12,32H,5,7-8,10,13H2,1H3. The Hall–Kier alpha value is -4.32. The van der Waals surface area contributed by atoms with Crippen molar-refractivity contribution in [2.75, 3.05) is 31.9 Å². The summed E-state index contributed by atoms with van der Waals surface area (Å²) in [6.07, 6.45) is 1.77. The molecule has 0 unspecified atom stereocenters. The third-order valence-electron chi connectivity index (χ3n) is 5.69. The molecule has 3 aromatic rings. The van der Waals surface area contributed by atoms with Gasteiger partial charge in [0.25, 0.3) is 5.91 Å². The Bertz CT molecular complexity index is 1390. The number of methoxy groups -OCH3 is 1. The summed E-state index contributed by atoms with van der Waals surface area (Å²) in [5.74, 6) is -4.94. The summed E-state index contributed by atoms with van der Waals surface area (Å²) in [5, 5.41) is 11.7. The molecule has 0 atom stereocenters. The molecule has 1 aliphatic heterocycles. The van der Waals surface area contributed by atoms with Gasteiger partial charge in [-0.05, 0) is 30.2 Å². The van der Waals surface area contributed by atoms with E-state index in [1.165, 1.54) is 36.5 Å². The number of hydrogen-bond acceptors (Lipinski definition) is 7. The number of hydrogen-bond donors (Lipinski definition) is 1. The summed E-state index contributed by atoms with van der Waals surface area (Å²) >= 11 is 0. The SMILES string of the molecule is COCCN1CN(C(=O)c2ccco2)n2cc(C(=O)CCc3ccc(F)cc3F)c(=O)c(O)c2C1=O. The minimum Gasteiger partial charge on any atom is -0.502 e. The number of nitrogens with zero attached hydrogens (tertiary/aromatic N) is 3. The first-order valence-electron chi connectivity index (χ1n) is 10.8. The number of rotatable bonds is 8. The molecule has 1 N–H and O–H groups in total. The van der Waals surface area contributed by atoms with Crippen LogP contribution in [0.3, 0.4) is 0 Å². The van der Waals surface area contributed by atoms with Crippen molar-refractivity contribution >= 4 is 17.6 Å². The van der Waals surface area contributed by atoms with E-state index in [-0.39, 0.29) is 44.0 Å². The Morgan fingerprint density at radius 3 is 2.64 bits per heavy atom. The van der Waals surface area contributed by atoms with Crippen LogP contribution < -0.4 is 10.4 Å². The molecule has 1 aliphatic rings. The quantitative estimate of drug-likeness (QED) is 0.469. The lowest BCUT2D eigenvalue weighted by atomic mass is 10.0. The van der Waals surface area contributed by atoms with Gasteiger partial charge in [-0.25, -0.2) is 18.5 Å². The zero-order valence-corrected chi connectivity index (χ0v) is 19.1. The molecule has 10 nitrogen and oxygen atoms in total. The lowest BCUT2D eigenvalue weighted by Gasteiger charge is -2.37. The van der Waals surface area contributed by atoms with Gasteiger partial charge in [0, 0.05) is 32.3 Å². The first-order chi connectivity index (χ1) is 17.2. The first-order valence-corrected chi connectivity index (χ1v) is 10.8. The topological polar surface area (TPSA) is 122 Å². The molecule has 0 saturated heterocycles. The van der Waals surface area contributed by atoms with Gasteiger partial charge < -0.3 is 19.2 Å². The largest absolute Gasteiger partial charge is 0.502 e. The normalized spacial score (nSPS) is 13.1. The van der Waals surface area contributed by atoms with Crippen LogP contribution in [0, 0.1) is 11.6 Å². The number of aromatic hydroxyl groups is 1. The van der Waals surface area contributed by atoms with Crippen molar-refractivity contribution in [3.63, 3.8) is 0 Å². The highest BCUT2D eigenvalue weighted by atomic mass is 19.1. The minimum atomic E-state index is -1.11. The average molecular weight is 501 g/mol. The second kappa shape index (κ2) is 10.1. The molecule has 4 rings (SSSR count). The Labute approximate surface area is 202 Å². The van der Waals surface area contributed by atoms with Crippen LogP contribution in [0.5, 0.6) is 5.75 Å². The number of carbonyl (C=O) groups excluding carboxylic acids is 3. The van der Waals surface area contributed by atoms with Crippen molar-refractivity contribution in [1.29, 1.82) is 0 Å². The van der Waals surface area contributed by atoms with Gasteiger partial charge in [-0.1, -0.05) is 6.07 Å². The lowest BCUT2D eigenvalue weighted by Crippen LogP contribution is -2.57. The van der Waals surface area contributed by atoms with E-state index in [4.69, 9.17) is 9.15 Å². The van der Waals surface area contributed by atoms with Crippen LogP contribution in [0.2, 0.25) is 0 Å². The van der Waals surface area contributed by atoms with Gasteiger partial charge >= 0.3 is 5.91 Å². The fourth-order valence-corrected chi connectivity index (χ4v) is 3.79. The molecule has 36 heavy (non-hydrogen) atoms. The number of Topliss-reactive ketones (excluding diaryl/α,β-unsaturated/α-hetero) is 1. The molecular formula is C24H21F2N3O7. The highest BCUT2D eigenvalue weighted by molar-refractivity contribution is 6.04. The van der Waals surface area contributed by atoms with Crippen molar-refractivity contribution in [1.82, 2.24) is 9.58 Å². The Morgan fingerprint density at radius 2 is 1.97 bits per heavy atom. The van der Waals surface area contributed by atoms with E-state index in [9.17, 15) is 33.1 Å². The minimum absolute atomic E-state index is 0.0504. The smallest absolute Gasteiger partial charge is 0.310 e. The Kier molecular flexibility index (Phi) is 6.97. The zero-order chi connectivity index (χ0) is 26.0. The fraction of sp³-hybridized carbons (Fsp3) is 0.250. The predicted molar refractivity (Wildman–Crippen MR) is 120 cm³/mol. The molecule has 0 aliphatic carbocycles. The number of pyridine rings is 1. The summed E-state index contributed by atoms with van der Waals surface area (Å²) in [5.41, 5.74) is -2.07. The van der Waals surface area contributed by atoms with Crippen LogP contribution in [0.15, 0.2) is 52.0 Å². The van der Waals surface area contributed by atoms with Gasteiger partial charge in [-0.2, -0.15) is 0 Å². The van der Waals surface area contributed by atoms with Gasteiger partial charge in [0.15, 0.2) is 23.0 Å². The van der Waals surface area contributed by atoms with Gasteiger partial charge in [-0.15, -0.1) is 0 Å². The molecule has 12 heteroatoms. The van der Waals surface area contributed by atoms with E-state index in [1.54, 1.807) is 0 Å². The second-order valence-corrected chi connectivity index (χ2v) is 7.96. The van der Waals surface area contributed by atoms with E-state index in [0.29, 0.717) is 6.07 Å². The molecule has 3 heterocycles. The maximum Gasteiger partial charge on any atom is 0.310 e. The average Bonchev–Trinajstić information content (AvgIpc) is 3.39. The number of halogens is 2. The summed E-state index contributed by atoms with van der Waals surface area (Å²) in [6.45, 7) is -0.115. The van der Waals surface area contributed by atoms with Crippen LogP contribution in [-0.4, -0.2) is 59.2 Å². The zero-order valence-electron chi connectivity index (χ0n) is 19.1. The number of amides is 2. The maximum atomic E-state index is 14.0. The van der Waals surface area contributed by atoms with E-state index >= 15 is 0 Å². The van der Waals surface area contributed by atoms with Crippen LogP contribution >= 0.6 is 0 Å². The van der Waals surface area contributed by atoms with E-state index in [1.807, 2.05) is 0 Å². The number of fused-ring (bicyclic) bond motifs is 1. The van der Waals surface area contributed by atoms with E-state index in [2.05, 4.69) is 0 Å². The summed E-state index contributed by atoms with van der Waals surface area (Å²) in [4.78, 5) is 53.1. The van der Waals surface area contributed by atoms with Crippen LogP contribution in [0.1, 0.15) is 43.4 Å². The molecule has 0 saturated carbocycles. The number of furan rings is 1. The van der Waals surface area contributed by atoms with Crippen molar-refractivity contribution in [3.8, 4) is 5.75 Å². The fourth-order valence-electron chi connectivity index (χ4n) is 3.79. The molecule has 2 aromatic heterocycles. The van der Waals surface area contributed by atoms with E-state index in [0.717, 1.165) is 21.9 Å². The molecular weight excluding hydrogens is 480 g/mol. The number of ether oxygens (including phenoxy) is 1. The number of ketones is 1. The van der Waals surface area contributed by atoms with Gasteiger partial charge in [-0.3, -0.25) is 19.2 Å². The summed E-state index contributed by atoms with van der Waals surface area (Å²) in [6, 6.07) is 5.79. The Balaban J connectivity index is 1.72. The number of benzene rings is 1. The summed E-state index contributed by atoms with van der Waals surface area (Å²) < 4.78 is 38.2. The molecule has 188 valence electrons. The van der Waals surface area contributed by atoms with Crippen molar-refractivity contribution in [3.05, 3.63) is 87.2 Å². The predicted octanol–water partition coefficient (Wildman–Crippen LogP) is 2.08. The van der Waals surface area contributed by atoms with Crippen molar-refractivity contribution in [2.45, 2.75) is 12.8 Å². The van der Waals surface area contributed by atoms with Gasteiger partial charge in [0.1, 0.15) is 18.3 Å². The third kappa shape index (κ3) is 4.62. The van der Waals surface area contributed by atoms with Crippen LogP contribution in [0.25, 0.3) is 0 Å². The molecule has 0 radical (unpaired) electrons. The molecule has 2 amide bonds. The van der Waals surface area contributed by atoms with Crippen LogP contribution in [-0.2, 0) is 11.2 Å². The van der Waals surface area contributed by atoms with Gasteiger partial charge in [0.2, 0.25) is 5.43 Å². The molecule has 0 spiro atoms. The van der Waals surface area contributed by atoms with Crippen molar-refractivity contribution < 1.29 is 37.4 Å². The molecule has 0 fully saturated rings. The van der Waals surface area contributed by atoms with E-state index < -0.39 is 51.7 Å². The second-order valence-electron chi connectivity index (χ2n) is 7.96. The highest BCUT2D eigenvalue weighted by Gasteiger charge is 2.37. The molecule has 1 aromatic carbocycles. The number of aromatic nitrogens is 1. The third-order valence-corrected chi connectivity index (χ3v) is 5.69. The maximum absolute atomic E-state index is 14.0. The van der Waals surface area contributed by atoms with Crippen molar-refractivity contribution in [2.24, 2.45) is 0 Å². The highest BCUT2D eigenvalue weighted by Crippen LogP contribution is 2.23.